The Morgan fingerprint density at radius 2 is 1.78 bits per heavy atom. The van der Waals surface area contributed by atoms with Gasteiger partial charge in [0.25, 0.3) is 0 Å². The summed E-state index contributed by atoms with van der Waals surface area (Å²) in [4.78, 5) is 12.5. The van der Waals surface area contributed by atoms with Crippen LogP contribution < -0.4 is 0 Å². The van der Waals surface area contributed by atoms with Gasteiger partial charge in [-0.3, -0.25) is 4.79 Å². The van der Waals surface area contributed by atoms with Crippen molar-refractivity contribution in [2.75, 3.05) is 19.8 Å². The minimum atomic E-state index is -0.480. The molecule has 3 atom stereocenters. The van der Waals surface area contributed by atoms with Crippen LogP contribution in [0.2, 0.25) is 0 Å². The Labute approximate surface area is 138 Å². The van der Waals surface area contributed by atoms with E-state index in [0.29, 0.717) is 12.5 Å². The molecule has 4 aliphatic rings. The zero-order valence-corrected chi connectivity index (χ0v) is 14.7. The number of hydrogen-bond acceptors (Lipinski definition) is 4. The van der Waals surface area contributed by atoms with Crippen molar-refractivity contribution in [1.29, 1.82) is 0 Å². The number of cyclic esters (lactones) is 1. The molecule has 0 unspecified atom stereocenters. The van der Waals surface area contributed by atoms with Gasteiger partial charge in [0, 0.05) is 29.6 Å². The SMILES string of the molecule is CC1(C)COC2(CC[C@@]3(C)C(=CC[C@H]4COC(=O)[C@@]43C)C2)OC1. The summed E-state index contributed by atoms with van der Waals surface area (Å²) in [5, 5.41) is 0. The zero-order chi connectivity index (χ0) is 16.5. The molecule has 2 heterocycles. The van der Waals surface area contributed by atoms with Gasteiger partial charge in [-0.1, -0.05) is 32.4 Å². The smallest absolute Gasteiger partial charge is 0.313 e. The van der Waals surface area contributed by atoms with Crippen molar-refractivity contribution in [2.45, 2.75) is 59.2 Å². The molecule has 1 spiro atoms. The quantitative estimate of drug-likeness (QED) is 0.506. The van der Waals surface area contributed by atoms with Crippen LogP contribution in [0.1, 0.15) is 53.4 Å². The van der Waals surface area contributed by atoms with Crippen LogP contribution in [0.5, 0.6) is 0 Å². The molecule has 3 fully saturated rings. The maximum atomic E-state index is 12.5. The molecule has 0 aromatic carbocycles. The molecule has 4 rings (SSSR count). The Balaban J connectivity index is 1.63. The van der Waals surface area contributed by atoms with Crippen molar-refractivity contribution < 1.29 is 19.0 Å². The first-order valence-electron chi connectivity index (χ1n) is 8.86. The van der Waals surface area contributed by atoms with Gasteiger partial charge in [-0.2, -0.15) is 0 Å². The highest BCUT2D eigenvalue weighted by atomic mass is 16.7. The highest BCUT2D eigenvalue weighted by Gasteiger charge is 2.64. The average molecular weight is 320 g/mol. The highest BCUT2D eigenvalue weighted by Crippen LogP contribution is 2.64. The van der Waals surface area contributed by atoms with E-state index < -0.39 is 11.2 Å². The normalized spacial score (nSPS) is 44.3. The molecule has 0 N–H and O–H groups in total. The first kappa shape index (κ1) is 15.6. The van der Waals surface area contributed by atoms with E-state index in [1.165, 1.54) is 5.57 Å². The Bertz CT molecular complexity index is 568. The lowest BCUT2D eigenvalue weighted by Gasteiger charge is -2.56. The van der Waals surface area contributed by atoms with Gasteiger partial charge in [0.1, 0.15) is 0 Å². The first-order valence-corrected chi connectivity index (χ1v) is 8.86. The maximum absolute atomic E-state index is 12.5. The monoisotopic (exact) mass is 320 g/mol. The molecule has 1 saturated carbocycles. The van der Waals surface area contributed by atoms with Crippen molar-refractivity contribution in [3.8, 4) is 0 Å². The van der Waals surface area contributed by atoms with E-state index in [-0.39, 0.29) is 16.8 Å². The number of hydrogen-bond donors (Lipinski definition) is 0. The fourth-order valence-electron chi connectivity index (χ4n) is 4.97. The molecule has 2 saturated heterocycles. The second-order valence-corrected chi connectivity index (χ2v) is 9.12. The van der Waals surface area contributed by atoms with Crippen LogP contribution in [0.4, 0.5) is 0 Å². The zero-order valence-electron chi connectivity index (χ0n) is 14.7. The van der Waals surface area contributed by atoms with Gasteiger partial charge in [0.2, 0.25) is 0 Å². The lowest BCUT2D eigenvalue weighted by Crippen LogP contribution is -2.57. The second-order valence-electron chi connectivity index (χ2n) is 9.12. The van der Waals surface area contributed by atoms with Gasteiger partial charge >= 0.3 is 5.97 Å². The third kappa shape index (κ3) is 2.00. The predicted molar refractivity (Wildman–Crippen MR) is 85.6 cm³/mol. The lowest BCUT2D eigenvalue weighted by atomic mass is 9.49. The number of carbonyl (C=O) groups excluding carboxylic acids is 1. The van der Waals surface area contributed by atoms with Crippen LogP contribution in [0.3, 0.4) is 0 Å². The third-order valence-corrected chi connectivity index (χ3v) is 7.08. The van der Waals surface area contributed by atoms with Crippen LogP contribution in [0.25, 0.3) is 0 Å². The number of esters is 1. The molecule has 2 aliphatic heterocycles. The van der Waals surface area contributed by atoms with Crippen molar-refractivity contribution in [1.82, 2.24) is 0 Å². The molecule has 0 aromatic heterocycles. The van der Waals surface area contributed by atoms with Gasteiger partial charge in [-0.25, -0.2) is 0 Å². The van der Waals surface area contributed by atoms with Gasteiger partial charge < -0.3 is 14.2 Å². The van der Waals surface area contributed by atoms with Crippen LogP contribution in [0.15, 0.2) is 11.6 Å². The molecule has 4 heteroatoms. The van der Waals surface area contributed by atoms with Gasteiger partial charge in [0.15, 0.2) is 5.79 Å². The van der Waals surface area contributed by atoms with Crippen LogP contribution in [-0.4, -0.2) is 31.6 Å². The van der Waals surface area contributed by atoms with E-state index in [0.717, 1.165) is 38.9 Å². The topological polar surface area (TPSA) is 44.8 Å². The van der Waals surface area contributed by atoms with Crippen molar-refractivity contribution >= 4 is 5.97 Å². The molecule has 0 radical (unpaired) electrons. The minimum absolute atomic E-state index is 0.0156. The highest BCUT2D eigenvalue weighted by molar-refractivity contribution is 5.81. The van der Waals surface area contributed by atoms with Crippen molar-refractivity contribution in [2.24, 2.45) is 22.2 Å². The molecule has 23 heavy (non-hydrogen) atoms. The Kier molecular flexibility index (Phi) is 3.13. The summed E-state index contributed by atoms with van der Waals surface area (Å²) in [7, 11) is 0. The summed E-state index contributed by atoms with van der Waals surface area (Å²) in [5.74, 6) is -0.185. The standard InChI is InChI=1S/C19H28O4/c1-16(2)11-22-19(23-12-16)8-7-17(3)13(9-19)5-6-14-10-21-15(20)18(14,17)4/h5,14H,6-12H2,1-4H3/t14-,17-,18+/m0/s1. The summed E-state index contributed by atoms with van der Waals surface area (Å²) in [5.41, 5.74) is 0.890. The van der Waals surface area contributed by atoms with E-state index >= 15 is 0 Å². The van der Waals surface area contributed by atoms with Gasteiger partial charge in [-0.15, -0.1) is 0 Å². The molecule has 2 aliphatic carbocycles. The number of ether oxygens (including phenoxy) is 3. The van der Waals surface area contributed by atoms with E-state index in [1.54, 1.807) is 0 Å². The number of carbonyl (C=O) groups is 1. The summed E-state index contributed by atoms with van der Waals surface area (Å²) < 4.78 is 17.9. The van der Waals surface area contributed by atoms with Crippen molar-refractivity contribution in [3.05, 3.63) is 11.6 Å². The van der Waals surface area contributed by atoms with Gasteiger partial charge in [-0.05, 0) is 19.8 Å². The summed E-state index contributed by atoms with van der Waals surface area (Å²) >= 11 is 0. The van der Waals surface area contributed by atoms with E-state index in [4.69, 9.17) is 14.2 Å². The van der Waals surface area contributed by atoms with Crippen LogP contribution in [-0.2, 0) is 19.0 Å². The molecule has 0 bridgehead atoms. The van der Waals surface area contributed by atoms with Gasteiger partial charge in [0.05, 0.1) is 25.2 Å². The summed E-state index contributed by atoms with van der Waals surface area (Å²) in [6.07, 6.45) is 5.82. The lowest BCUT2D eigenvalue weighted by molar-refractivity contribution is -0.311. The van der Waals surface area contributed by atoms with Crippen molar-refractivity contribution in [3.63, 3.8) is 0 Å². The largest absolute Gasteiger partial charge is 0.465 e. The third-order valence-electron chi connectivity index (χ3n) is 7.08. The van der Waals surface area contributed by atoms with E-state index in [2.05, 4.69) is 33.8 Å². The Morgan fingerprint density at radius 1 is 1.09 bits per heavy atom. The average Bonchev–Trinajstić information content (AvgIpc) is 2.81. The Morgan fingerprint density at radius 3 is 2.48 bits per heavy atom. The molecular weight excluding hydrogens is 292 g/mol. The van der Waals surface area contributed by atoms with Crippen LogP contribution >= 0.6 is 0 Å². The molecular formula is C19H28O4. The van der Waals surface area contributed by atoms with E-state index in [1.807, 2.05) is 0 Å². The molecule has 4 nitrogen and oxygen atoms in total. The minimum Gasteiger partial charge on any atom is -0.465 e. The summed E-state index contributed by atoms with van der Waals surface area (Å²) in [6.45, 7) is 10.7. The van der Waals surface area contributed by atoms with E-state index in [9.17, 15) is 4.79 Å². The molecule has 0 amide bonds. The number of allylic oxidation sites excluding steroid dienone is 1. The summed E-state index contributed by atoms with van der Waals surface area (Å²) in [6, 6.07) is 0. The van der Waals surface area contributed by atoms with Crippen LogP contribution in [0, 0.1) is 22.2 Å². The fourth-order valence-corrected chi connectivity index (χ4v) is 4.97. The predicted octanol–water partition coefficient (Wildman–Crippen LogP) is 3.46. The molecule has 0 aromatic rings. The first-order chi connectivity index (χ1) is 10.7. The second kappa shape index (κ2) is 4.60. The number of fused-ring (bicyclic) bond motifs is 3. The molecule has 128 valence electrons. The maximum Gasteiger partial charge on any atom is 0.313 e. The number of rotatable bonds is 0. The Hall–Kier alpha value is -0.870. The fraction of sp³-hybridized carbons (Fsp3) is 0.842.